The van der Waals surface area contributed by atoms with E-state index in [1.54, 1.807) is 12.1 Å². The van der Waals surface area contributed by atoms with Gasteiger partial charge in [0.1, 0.15) is 11.2 Å². The van der Waals surface area contributed by atoms with Crippen molar-refractivity contribution in [1.29, 1.82) is 0 Å². The normalized spacial score (nSPS) is 16.8. The first-order valence-corrected chi connectivity index (χ1v) is 6.01. The van der Waals surface area contributed by atoms with Gasteiger partial charge in [0.25, 0.3) is 0 Å². The van der Waals surface area contributed by atoms with E-state index in [2.05, 4.69) is 0 Å². The van der Waals surface area contributed by atoms with Crippen molar-refractivity contribution in [2.24, 2.45) is 5.41 Å². The van der Waals surface area contributed by atoms with Crippen LogP contribution in [0.2, 0.25) is 5.02 Å². The number of halogens is 1. The van der Waals surface area contributed by atoms with E-state index in [9.17, 15) is 14.7 Å². The van der Waals surface area contributed by atoms with E-state index in [1.165, 1.54) is 13.2 Å². The third kappa shape index (κ3) is 1.86. The highest BCUT2D eigenvalue weighted by Gasteiger charge is 2.51. The fourth-order valence-corrected chi connectivity index (χ4v) is 2.36. The van der Waals surface area contributed by atoms with Gasteiger partial charge in [0.05, 0.1) is 12.7 Å². The van der Waals surface area contributed by atoms with Gasteiger partial charge in [0, 0.05) is 5.02 Å². The number of Topliss-reactive ketones (excluding diaryl/α,β-unsaturated/α-hetero) is 1. The lowest BCUT2D eigenvalue weighted by Crippen LogP contribution is -2.45. The van der Waals surface area contributed by atoms with E-state index in [4.69, 9.17) is 16.3 Å². The summed E-state index contributed by atoms with van der Waals surface area (Å²) in [5, 5.41) is 9.64. The Kier molecular flexibility index (Phi) is 3.30. The Hall–Kier alpha value is -1.55. The number of carboxylic acid groups (broad SMARTS) is 1. The molecule has 5 heteroatoms. The lowest BCUT2D eigenvalue weighted by atomic mass is 9.64. The molecule has 0 aromatic heterocycles. The molecule has 1 aromatic carbocycles. The predicted molar refractivity (Wildman–Crippen MR) is 66.3 cm³/mol. The molecule has 1 N–H and O–H groups in total. The van der Waals surface area contributed by atoms with Gasteiger partial charge in [-0.3, -0.25) is 9.59 Å². The number of ketones is 1. The molecule has 2 rings (SSSR count). The maximum Gasteiger partial charge on any atom is 0.317 e. The summed E-state index contributed by atoms with van der Waals surface area (Å²) in [7, 11) is 1.44. The van der Waals surface area contributed by atoms with Crippen LogP contribution in [0.1, 0.15) is 29.6 Å². The number of aliphatic carboxylic acids is 1. The van der Waals surface area contributed by atoms with Crippen molar-refractivity contribution in [2.45, 2.75) is 19.3 Å². The highest BCUT2D eigenvalue weighted by atomic mass is 35.5. The number of carboxylic acids is 1. The third-order valence-electron chi connectivity index (χ3n) is 3.46. The SMILES string of the molecule is COc1ccc(Cl)cc1C(=O)C1(C(=O)O)CCC1. The Morgan fingerprint density at radius 2 is 2.06 bits per heavy atom. The predicted octanol–water partition coefficient (Wildman–Crippen LogP) is 2.79. The van der Waals surface area contributed by atoms with Crippen molar-refractivity contribution in [2.75, 3.05) is 7.11 Å². The molecule has 1 aliphatic carbocycles. The van der Waals surface area contributed by atoms with Crippen molar-refractivity contribution >= 4 is 23.4 Å². The summed E-state index contributed by atoms with van der Waals surface area (Å²) >= 11 is 5.85. The maximum absolute atomic E-state index is 12.4. The standard InChI is InChI=1S/C13H13ClO4/c1-18-10-4-3-8(14)7-9(10)11(15)13(12(16)17)5-2-6-13/h3-4,7H,2,5-6H2,1H3,(H,16,17). The van der Waals surface area contributed by atoms with Crippen LogP contribution in [0.5, 0.6) is 5.75 Å². The minimum absolute atomic E-state index is 0.243. The fraction of sp³-hybridized carbons (Fsp3) is 0.385. The number of methoxy groups -OCH3 is 1. The molecular formula is C13H13ClO4. The molecule has 1 saturated carbocycles. The van der Waals surface area contributed by atoms with Crippen LogP contribution in [0.3, 0.4) is 0 Å². The molecule has 1 aliphatic rings. The number of hydrogen-bond donors (Lipinski definition) is 1. The monoisotopic (exact) mass is 268 g/mol. The average Bonchev–Trinajstić information content (AvgIpc) is 2.26. The van der Waals surface area contributed by atoms with E-state index < -0.39 is 17.2 Å². The van der Waals surface area contributed by atoms with E-state index in [0.29, 0.717) is 23.6 Å². The summed E-state index contributed by atoms with van der Waals surface area (Å²) in [5.41, 5.74) is -1.05. The molecule has 96 valence electrons. The van der Waals surface area contributed by atoms with Gasteiger partial charge in [-0.05, 0) is 31.0 Å². The first-order chi connectivity index (χ1) is 8.51. The number of carbonyl (C=O) groups excluding carboxylic acids is 1. The zero-order valence-corrected chi connectivity index (χ0v) is 10.7. The average molecular weight is 269 g/mol. The summed E-state index contributed by atoms with van der Waals surface area (Å²) in [5.74, 6) is -1.13. The zero-order valence-electron chi connectivity index (χ0n) is 9.90. The number of benzene rings is 1. The number of hydrogen-bond acceptors (Lipinski definition) is 3. The van der Waals surface area contributed by atoms with Crippen LogP contribution in [0.15, 0.2) is 18.2 Å². The minimum Gasteiger partial charge on any atom is -0.496 e. The molecule has 0 saturated heterocycles. The van der Waals surface area contributed by atoms with Crippen molar-refractivity contribution < 1.29 is 19.4 Å². The Morgan fingerprint density at radius 3 is 2.50 bits per heavy atom. The molecular weight excluding hydrogens is 256 g/mol. The summed E-state index contributed by atoms with van der Waals surface area (Å²) in [4.78, 5) is 23.7. The summed E-state index contributed by atoms with van der Waals surface area (Å²) in [6, 6.07) is 4.64. The highest BCUT2D eigenvalue weighted by molar-refractivity contribution is 6.31. The van der Waals surface area contributed by atoms with Crippen LogP contribution in [0.4, 0.5) is 0 Å². The van der Waals surface area contributed by atoms with Crippen molar-refractivity contribution in [1.82, 2.24) is 0 Å². The number of rotatable bonds is 4. The van der Waals surface area contributed by atoms with E-state index in [0.717, 1.165) is 6.42 Å². The van der Waals surface area contributed by atoms with Gasteiger partial charge in [-0.25, -0.2) is 0 Å². The molecule has 1 aromatic rings. The molecule has 18 heavy (non-hydrogen) atoms. The highest BCUT2D eigenvalue weighted by Crippen LogP contribution is 2.45. The van der Waals surface area contributed by atoms with Gasteiger partial charge >= 0.3 is 5.97 Å². The summed E-state index contributed by atoms with van der Waals surface area (Å²) in [6.07, 6.45) is 1.49. The van der Waals surface area contributed by atoms with Crippen molar-refractivity contribution in [3.8, 4) is 5.75 Å². The van der Waals surface area contributed by atoms with Crippen LogP contribution < -0.4 is 4.74 Å². The number of carbonyl (C=O) groups is 2. The largest absolute Gasteiger partial charge is 0.496 e. The minimum atomic E-state index is -1.29. The Labute approximate surface area is 110 Å². The molecule has 0 unspecified atom stereocenters. The zero-order chi connectivity index (χ0) is 13.3. The molecule has 0 amide bonds. The molecule has 0 spiro atoms. The molecule has 0 heterocycles. The first kappa shape index (κ1) is 12.9. The van der Waals surface area contributed by atoms with Crippen molar-refractivity contribution in [3.63, 3.8) is 0 Å². The quantitative estimate of drug-likeness (QED) is 0.674. The van der Waals surface area contributed by atoms with Crippen LogP contribution in [-0.4, -0.2) is 24.0 Å². The lowest BCUT2D eigenvalue weighted by Gasteiger charge is -2.36. The van der Waals surface area contributed by atoms with Crippen LogP contribution in [-0.2, 0) is 4.79 Å². The van der Waals surface area contributed by atoms with E-state index >= 15 is 0 Å². The molecule has 0 bridgehead atoms. The number of ether oxygens (including phenoxy) is 1. The Morgan fingerprint density at radius 1 is 1.39 bits per heavy atom. The second kappa shape index (κ2) is 4.61. The van der Waals surface area contributed by atoms with Crippen LogP contribution in [0, 0.1) is 5.41 Å². The summed E-state index contributed by atoms with van der Waals surface area (Å²) in [6.45, 7) is 0. The van der Waals surface area contributed by atoms with Crippen molar-refractivity contribution in [3.05, 3.63) is 28.8 Å². The van der Waals surface area contributed by atoms with Gasteiger partial charge in [0.15, 0.2) is 5.78 Å². The van der Waals surface area contributed by atoms with Crippen LogP contribution >= 0.6 is 11.6 Å². The third-order valence-corrected chi connectivity index (χ3v) is 3.69. The Balaban J connectivity index is 2.45. The van der Waals surface area contributed by atoms with Crippen LogP contribution in [0.25, 0.3) is 0 Å². The first-order valence-electron chi connectivity index (χ1n) is 5.63. The molecule has 0 aliphatic heterocycles. The van der Waals surface area contributed by atoms with Gasteiger partial charge in [0.2, 0.25) is 0 Å². The summed E-state index contributed by atoms with van der Waals surface area (Å²) < 4.78 is 5.09. The van der Waals surface area contributed by atoms with E-state index in [1.807, 2.05) is 0 Å². The molecule has 1 fully saturated rings. The Bertz CT molecular complexity index is 506. The fourth-order valence-electron chi connectivity index (χ4n) is 2.18. The van der Waals surface area contributed by atoms with Gasteiger partial charge in [-0.2, -0.15) is 0 Å². The second-order valence-electron chi connectivity index (χ2n) is 4.41. The molecule has 0 atom stereocenters. The topological polar surface area (TPSA) is 63.6 Å². The van der Waals surface area contributed by atoms with Gasteiger partial charge in [-0.15, -0.1) is 0 Å². The van der Waals surface area contributed by atoms with Gasteiger partial charge < -0.3 is 9.84 Å². The maximum atomic E-state index is 12.4. The van der Waals surface area contributed by atoms with Gasteiger partial charge in [-0.1, -0.05) is 18.0 Å². The molecule has 0 radical (unpaired) electrons. The smallest absolute Gasteiger partial charge is 0.317 e. The second-order valence-corrected chi connectivity index (χ2v) is 4.85. The lowest BCUT2D eigenvalue weighted by molar-refractivity contribution is -0.150. The molecule has 4 nitrogen and oxygen atoms in total. The van der Waals surface area contributed by atoms with E-state index in [-0.39, 0.29) is 5.56 Å².